The molecular weight excluding hydrogens is 354 g/mol. The van der Waals surface area contributed by atoms with Crippen LogP contribution in [0.1, 0.15) is 29.2 Å². The molecule has 1 heterocycles. The van der Waals surface area contributed by atoms with Gasteiger partial charge >= 0.3 is 6.03 Å². The van der Waals surface area contributed by atoms with Crippen molar-refractivity contribution in [1.82, 2.24) is 10.4 Å². The van der Waals surface area contributed by atoms with E-state index in [0.29, 0.717) is 17.0 Å². The SMILES string of the molecule is COc1ccc2c(c1)CCC1C(c3ccc(Cl)cc3)NN(C(N)=O)C21O. The number of carbonyl (C=O) groups is 1. The number of halogens is 1. The van der Waals surface area contributed by atoms with Gasteiger partial charge in [-0.2, -0.15) is 0 Å². The van der Waals surface area contributed by atoms with E-state index in [0.717, 1.165) is 28.3 Å². The fourth-order valence-electron chi connectivity index (χ4n) is 4.20. The molecule has 1 saturated heterocycles. The lowest BCUT2D eigenvalue weighted by Crippen LogP contribution is -2.55. The second kappa shape index (κ2) is 6.16. The van der Waals surface area contributed by atoms with Crippen LogP contribution in [0.5, 0.6) is 5.75 Å². The van der Waals surface area contributed by atoms with Crippen molar-refractivity contribution in [3.05, 3.63) is 64.2 Å². The Hall–Kier alpha value is -2.28. The number of hydrogen-bond acceptors (Lipinski definition) is 4. The van der Waals surface area contributed by atoms with Crippen LogP contribution in [0.2, 0.25) is 5.02 Å². The minimum absolute atomic E-state index is 0.239. The first kappa shape index (κ1) is 17.1. The Morgan fingerprint density at radius 1 is 1.35 bits per heavy atom. The number of ether oxygens (including phenoxy) is 1. The summed E-state index contributed by atoms with van der Waals surface area (Å²) in [6.45, 7) is 0. The number of aliphatic hydroxyl groups is 1. The van der Waals surface area contributed by atoms with Crippen molar-refractivity contribution in [3.8, 4) is 5.75 Å². The summed E-state index contributed by atoms with van der Waals surface area (Å²) >= 11 is 5.99. The largest absolute Gasteiger partial charge is 0.497 e. The summed E-state index contributed by atoms with van der Waals surface area (Å²) < 4.78 is 5.29. The molecule has 3 atom stereocenters. The molecule has 0 radical (unpaired) electrons. The number of primary amides is 1. The van der Waals surface area contributed by atoms with E-state index < -0.39 is 11.8 Å². The van der Waals surface area contributed by atoms with Crippen LogP contribution >= 0.6 is 11.6 Å². The van der Waals surface area contributed by atoms with Crippen LogP contribution in [-0.4, -0.2) is 23.3 Å². The minimum Gasteiger partial charge on any atom is -0.497 e. The quantitative estimate of drug-likeness (QED) is 0.755. The van der Waals surface area contributed by atoms with Gasteiger partial charge in [0.15, 0.2) is 5.72 Å². The van der Waals surface area contributed by atoms with Gasteiger partial charge in [0, 0.05) is 16.5 Å². The number of urea groups is 1. The third-order valence-electron chi connectivity index (χ3n) is 5.41. The maximum Gasteiger partial charge on any atom is 0.332 e. The lowest BCUT2D eigenvalue weighted by Gasteiger charge is -2.40. The van der Waals surface area contributed by atoms with E-state index in [1.165, 1.54) is 0 Å². The van der Waals surface area contributed by atoms with Crippen molar-refractivity contribution < 1.29 is 14.6 Å². The van der Waals surface area contributed by atoms with Gasteiger partial charge in [0.2, 0.25) is 0 Å². The summed E-state index contributed by atoms with van der Waals surface area (Å²) in [6, 6.07) is 11.9. The molecule has 0 bridgehead atoms. The van der Waals surface area contributed by atoms with Gasteiger partial charge in [-0.3, -0.25) is 0 Å². The molecule has 2 amide bonds. The van der Waals surface area contributed by atoms with Crippen LogP contribution < -0.4 is 15.9 Å². The normalized spacial score (nSPS) is 27.0. The summed E-state index contributed by atoms with van der Waals surface area (Å²) in [6.07, 6.45) is 1.47. The fourth-order valence-corrected chi connectivity index (χ4v) is 4.32. The Bertz CT molecular complexity index is 858. The molecule has 26 heavy (non-hydrogen) atoms. The first-order valence-corrected chi connectivity index (χ1v) is 8.84. The van der Waals surface area contributed by atoms with E-state index in [-0.39, 0.29) is 12.0 Å². The van der Waals surface area contributed by atoms with Gasteiger partial charge in [0.05, 0.1) is 13.2 Å². The number of rotatable bonds is 2. The number of carbonyl (C=O) groups excluding carboxylic acids is 1. The number of benzene rings is 2. The highest BCUT2D eigenvalue weighted by Crippen LogP contribution is 2.52. The number of nitrogens with one attached hydrogen (secondary N) is 1. The van der Waals surface area contributed by atoms with E-state index >= 15 is 0 Å². The topological polar surface area (TPSA) is 87.8 Å². The summed E-state index contributed by atoms with van der Waals surface area (Å²) in [7, 11) is 1.60. The van der Waals surface area contributed by atoms with E-state index in [4.69, 9.17) is 22.1 Å². The van der Waals surface area contributed by atoms with Crippen LogP contribution in [0.4, 0.5) is 4.79 Å². The van der Waals surface area contributed by atoms with Crippen LogP contribution in [0.3, 0.4) is 0 Å². The molecule has 3 unspecified atom stereocenters. The van der Waals surface area contributed by atoms with Crippen LogP contribution in [0.15, 0.2) is 42.5 Å². The standard InChI is InChI=1S/C19H20ClN3O3/c1-26-14-7-9-15-12(10-14)4-8-16-17(11-2-5-13(20)6-3-11)22-23(18(21)24)19(15,16)25/h2-3,5-7,9-10,16-17,22,25H,4,8H2,1H3,(H2,21,24). The first-order valence-electron chi connectivity index (χ1n) is 8.46. The van der Waals surface area contributed by atoms with Gasteiger partial charge in [-0.15, -0.1) is 0 Å². The highest BCUT2D eigenvalue weighted by atomic mass is 35.5. The maximum absolute atomic E-state index is 12.1. The molecule has 1 aliphatic heterocycles. The third kappa shape index (κ3) is 2.45. The molecule has 136 valence electrons. The predicted molar refractivity (Wildman–Crippen MR) is 97.5 cm³/mol. The van der Waals surface area contributed by atoms with E-state index in [1.54, 1.807) is 25.3 Å². The summed E-state index contributed by atoms with van der Waals surface area (Å²) in [5, 5.41) is 13.4. The van der Waals surface area contributed by atoms with Crippen molar-refractivity contribution in [1.29, 1.82) is 0 Å². The Balaban J connectivity index is 1.82. The monoisotopic (exact) mass is 373 g/mol. The zero-order valence-corrected chi connectivity index (χ0v) is 15.0. The molecule has 2 aliphatic rings. The van der Waals surface area contributed by atoms with E-state index in [2.05, 4.69) is 5.43 Å². The van der Waals surface area contributed by atoms with Crippen molar-refractivity contribution in [2.75, 3.05) is 7.11 Å². The molecule has 4 N–H and O–H groups in total. The zero-order valence-electron chi connectivity index (χ0n) is 14.3. The number of aryl methyl sites for hydroxylation is 1. The molecule has 6 nitrogen and oxygen atoms in total. The van der Waals surface area contributed by atoms with Gasteiger partial charge in [-0.05, 0) is 48.2 Å². The third-order valence-corrected chi connectivity index (χ3v) is 5.66. The van der Waals surface area contributed by atoms with Crippen LogP contribution in [-0.2, 0) is 12.1 Å². The predicted octanol–water partition coefficient (Wildman–Crippen LogP) is 2.70. The second-order valence-corrected chi connectivity index (χ2v) is 7.16. The number of nitrogens with two attached hydrogens (primary N) is 1. The zero-order chi connectivity index (χ0) is 18.5. The lowest BCUT2D eigenvalue weighted by molar-refractivity contribution is -0.112. The Kier molecular flexibility index (Phi) is 4.06. The van der Waals surface area contributed by atoms with Gasteiger partial charge in [0.1, 0.15) is 5.75 Å². The van der Waals surface area contributed by atoms with Crippen LogP contribution in [0.25, 0.3) is 0 Å². The molecule has 4 rings (SSSR count). The van der Waals surface area contributed by atoms with Gasteiger partial charge in [0.25, 0.3) is 0 Å². The van der Waals surface area contributed by atoms with Gasteiger partial charge < -0.3 is 15.6 Å². The number of hydrogen-bond donors (Lipinski definition) is 3. The molecule has 1 aliphatic carbocycles. The van der Waals surface area contributed by atoms with Crippen molar-refractivity contribution in [2.24, 2.45) is 11.7 Å². The van der Waals surface area contributed by atoms with Gasteiger partial charge in [-0.25, -0.2) is 15.2 Å². The number of nitrogens with zero attached hydrogens (tertiary/aromatic N) is 1. The molecule has 7 heteroatoms. The van der Waals surface area contributed by atoms with E-state index in [1.807, 2.05) is 24.3 Å². The summed E-state index contributed by atoms with van der Waals surface area (Å²) in [4.78, 5) is 12.1. The summed E-state index contributed by atoms with van der Waals surface area (Å²) in [5.41, 5.74) is 9.75. The van der Waals surface area contributed by atoms with Gasteiger partial charge in [-0.1, -0.05) is 29.8 Å². The Morgan fingerprint density at radius 3 is 2.73 bits per heavy atom. The molecular formula is C19H20ClN3O3. The molecule has 0 aromatic heterocycles. The number of hydrazine groups is 1. The molecule has 2 aromatic carbocycles. The number of amides is 2. The molecule has 1 fully saturated rings. The van der Waals surface area contributed by atoms with Crippen molar-refractivity contribution in [3.63, 3.8) is 0 Å². The maximum atomic E-state index is 12.1. The average molecular weight is 374 g/mol. The molecule has 2 aromatic rings. The number of fused-ring (bicyclic) bond motifs is 3. The second-order valence-electron chi connectivity index (χ2n) is 6.73. The fraction of sp³-hybridized carbons (Fsp3) is 0.316. The van der Waals surface area contributed by atoms with Crippen LogP contribution in [0, 0.1) is 5.92 Å². The highest BCUT2D eigenvalue weighted by Gasteiger charge is 2.58. The Morgan fingerprint density at radius 2 is 2.08 bits per heavy atom. The van der Waals surface area contributed by atoms with Crippen molar-refractivity contribution in [2.45, 2.75) is 24.6 Å². The minimum atomic E-state index is -1.52. The Labute approximate surface area is 156 Å². The van der Waals surface area contributed by atoms with Crippen molar-refractivity contribution >= 4 is 17.6 Å². The van der Waals surface area contributed by atoms with E-state index in [9.17, 15) is 9.90 Å². The highest BCUT2D eigenvalue weighted by molar-refractivity contribution is 6.30. The smallest absolute Gasteiger partial charge is 0.332 e. The lowest BCUT2D eigenvalue weighted by atomic mass is 9.73. The first-order chi connectivity index (χ1) is 12.4. The molecule has 0 spiro atoms. The number of methoxy groups -OCH3 is 1. The summed E-state index contributed by atoms with van der Waals surface area (Å²) in [5.74, 6) is 0.480. The molecule has 0 saturated carbocycles. The average Bonchev–Trinajstić information content (AvgIpc) is 2.95.